The van der Waals surface area contributed by atoms with E-state index in [-0.39, 0.29) is 35.5 Å². The number of amides is 1. The van der Waals surface area contributed by atoms with Gasteiger partial charge < -0.3 is 29.4 Å². The van der Waals surface area contributed by atoms with E-state index in [4.69, 9.17) is 14.0 Å². The average molecular weight is 561 g/mol. The molecule has 3 saturated carbocycles. The van der Waals surface area contributed by atoms with Crippen LogP contribution in [0.5, 0.6) is 5.75 Å². The maximum Gasteiger partial charge on any atom is 0.482 e. The number of carboxylic acids is 1. The van der Waals surface area contributed by atoms with Crippen molar-refractivity contribution in [1.29, 1.82) is 0 Å². The number of carboxylic acid groups (broad SMARTS) is 1. The van der Waals surface area contributed by atoms with Gasteiger partial charge in [-0.25, -0.2) is 4.79 Å². The van der Waals surface area contributed by atoms with Gasteiger partial charge in [0, 0.05) is 13.1 Å². The highest BCUT2D eigenvalue weighted by Gasteiger charge is 2.68. The second kappa shape index (κ2) is 10.8. The van der Waals surface area contributed by atoms with Crippen LogP contribution in [0.4, 0.5) is 0 Å². The summed E-state index contributed by atoms with van der Waals surface area (Å²) in [6.45, 7) is 8.73. The molecule has 8 nitrogen and oxygen atoms in total. The van der Waals surface area contributed by atoms with E-state index in [1.807, 2.05) is 30.3 Å². The summed E-state index contributed by atoms with van der Waals surface area (Å²) < 4.78 is 19.5. The molecule has 1 amide bonds. The van der Waals surface area contributed by atoms with E-state index < -0.39 is 24.6 Å². The monoisotopic (exact) mass is 560 g/mol. The zero-order valence-corrected chi connectivity index (χ0v) is 24.5. The lowest BCUT2D eigenvalue weighted by atomic mass is 9.43. The molecule has 3 aliphatic carbocycles. The number of nitrogens with zero attached hydrogens (tertiary/aromatic N) is 1. The maximum absolute atomic E-state index is 13.4. The summed E-state index contributed by atoms with van der Waals surface area (Å²) in [5.74, 6) is 0.207. The third-order valence-corrected chi connectivity index (χ3v) is 10.2. The molecule has 0 spiro atoms. The average Bonchev–Trinajstić information content (AvgIpc) is 3.50. The van der Waals surface area contributed by atoms with Crippen LogP contribution in [0.1, 0.15) is 61.5 Å². The van der Waals surface area contributed by atoms with Crippen LogP contribution in [-0.4, -0.2) is 72.9 Å². The Bertz CT molecular complexity index is 1320. The van der Waals surface area contributed by atoms with Crippen LogP contribution in [0.15, 0.2) is 48.5 Å². The van der Waals surface area contributed by atoms with Crippen LogP contribution in [0.2, 0.25) is 0 Å². The first-order valence-electron chi connectivity index (χ1n) is 14.9. The zero-order valence-electron chi connectivity index (χ0n) is 24.5. The van der Waals surface area contributed by atoms with Gasteiger partial charge in [0.05, 0.1) is 29.6 Å². The molecule has 2 aromatic rings. The largest absolute Gasteiger partial charge is 0.489 e. The van der Waals surface area contributed by atoms with Crippen LogP contribution in [0.25, 0.3) is 0 Å². The Morgan fingerprint density at radius 3 is 2.66 bits per heavy atom. The number of hydrogen-bond acceptors (Lipinski definition) is 6. The molecule has 2 N–H and O–H groups in total. The van der Waals surface area contributed by atoms with Gasteiger partial charge in [0.1, 0.15) is 11.9 Å². The molecule has 41 heavy (non-hydrogen) atoms. The van der Waals surface area contributed by atoms with Gasteiger partial charge in [-0.1, -0.05) is 38.1 Å². The number of benzene rings is 2. The van der Waals surface area contributed by atoms with Crippen LogP contribution in [0.3, 0.4) is 0 Å². The SMILES string of the molecule is CN1CCC(Oc2cccc(CC(=O)NC(Cc3cccc(C(=O)O)c3)B3OC4CC5CC(C5(C)C)C4(C)O3)c2)C1. The smallest absolute Gasteiger partial charge is 0.482 e. The van der Waals surface area contributed by atoms with Crippen molar-refractivity contribution in [3.05, 3.63) is 65.2 Å². The first-order valence-corrected chi connectivity index (χ1v) is 14.9. The van der Waals surface area contributed by atoms with E-state index in [1.165, 1.54) is 0 Å². The maximum atomic E-state index is 13.4. The van der Waals surface area contributed by atoms with Gasteiger partial charge in [-0.05, 0) is 92.3 Å². The molecule has 2 heterocycles. The van der Waals surface area contributed by atoms with Crippen LogP contribution in [0, 0.1) is 17.3 Å². The predicted molar refractivity (Wildman–Crippen MR) is 156 cm³/mol. The zero-order chi connectivity index (χ0) is 28.9. The molecule has 2 aliphatic heterocycles. The number of hydrogen-bond donors (Lipinski definition) is 2. The fourth-order valence-corrected chi connectivity index (χ4v) is 7.73. The minimum absolute atomic E-state index is 0.0162. The Hall–Kier alpha value is -2.88. The van der Waals surface area contributed by atoms with E-state index in [9.17, 15) is 14.7 Å². The van der Waals surface area contributed by atoms with Gasteiger partial charge in [-0.15, -0.1) is 0 Å². The van der Waals surface area contributed by atoms with Crippen LogP contribution in [-0.2, 0) is 26.9 Å². The molecule has 218 valence electrons. The van der Waals surface area contributed by atoms with E-state index in [2.05, 4.69) is 38.0 Å². The predicted octanol–water partition coefficient (Wildman–Crippen LogP) is 4.01. The summed E-state index contributed by atoms with van der Waals surface area (Å²) in [6, 6.07) is 14.6. The van der Waals surface area contributed by atoms with Crippen LogP contribution < -0.4 is 10.1 Å². The van der Waals surface area contributed by atoms with Crippen molar-refractivity contribution in [3.8, 4) is 5.75 Å². The van der Waals surface area contributed by atoms with Crippen molar-refractivity contribution in [2.75, 3.05) is 20.1 Å². The highest BCUT2D eigenvalue weighted by atomic mass is 16.7. The molecular formula is C32H41BN2O6. The van der Waals surface area contributed by atoms with Gasteiger partial charge in [-0.3, -0.25) is 4.79 Å². The van der Waals surface area contributed by atoms with Crippen molar-refractivity contribution in [1.82, 2.24) is 10.2 Å². The lowest BCUT2D eigenvalue weighted by molar-refractivity contribution is -0.199. The Morgan fingerprint density at radius 1 is 1.15 bits per heavy atom. The molecule has 7 rings (SSSR count). The van der Waals surface area contributed by atoms with Crippen molar-refractivity contribution < 1.29 is 28.7 Å². The third-order valence-electron chi connectivity index (χ3n) is 10.2. The molecule has 5 fully saturated rings. The quantitative estimate of drug-likeness (QED) is 0.448. The molecule has 0 aromatic heterocycles. The standard InChI is InChI=1S/C32H41BN2O6/c1-31(2)23-17-26(31)32(3)27(18-23)40-33(41-32)28(15-20-7-5-9-22(13-20)30(37)38)34-29(36)16-21-8-6-10-24(14-21)39-25-11-12-35(4)19-25/h5-10,13-14,23,25-28H,11-12,15-19H2,1-4H3,(H,34,36)(H,37,38). The fourth-order valence-electron chi connectivity index (χ4n) is 7.73. The number of ether oxygens (including phenoxy) is 1. The molecule has 2 saturated heterocycles. The lowest BCUT2D eigenvalue weighted by Crippen LogP contribution is -2.65. The normalized spacial score (nSPS) is 30.8. The summed E-state index contributed by atoms with van der Waals surface area (Å²) in [5.41, 5.74) is 1.70. The second-order valence-corrected chi connectivity index (χ2v) is 13.3. The molecule has 5 aliphatic rings. The molecule has 9 heteroatoms. The summed E-state index contributed by atoms with van der Waals surface area (Å²) in [7, 11) is 1.47. The van der Waals surface area contributed by atoms with Crippen LogP contribution >= 0.6 is 0 Å². The van der Waals surface area contributed by atoms with E-state index >= 15 is 0 Å². The van der Waals surface area contributed by atoms with Gasteiger partial charge in [0.2, 0.25) is 5.91 Å². The van der Waals surface area contributed by atoms with Crippen molar-refractivity contribution in [2.24, 2.45) is 17.3 Å². The third kappa shape index (κ3) is 5.52. The molecule has 6 unspecified atom stereocenters. The number of likely N-dealkylation sites (tertiary alicyclic amines) is 1. The van der Waals surface area contributed by atoms with E-state index in [0.717, 1.165) is 49.2 Å². The highest BCUT2D eigenvalue weighted by Crippen LogP contribution is 2.65. The van der Waals surface area contributed by atoms with Crippen molar-refractivity contribution >= 4 is 19.0 Å². The Morgan fingerprint density at radius 2 is 1.93 bits per heavy atom. The van der Waals surface area contributed by atoms with E-state index in [1.54, 1.807) is 18.2 Å². The van der Waals surface area contributed by atoms with Gasteiger partial charge in [-0.2, -0.15) is 0 Å². The van der Waals surface area contributed by atoms with Crippen molar-refractivity contribution in [2.45, 2.75) is 76.6 Å². The summed E-state index contributed by atoms with van der Waals surface area (Å²) >= 11 is 0. The Balaban J connectivity index is 1.18. The molecular weight excluding hydrogens is 519 g/mol. The first kappa shape index (κ1) is 28.3. The first-order chi connectivity index (χ1) is 19.5. The molecule has 2 bridgehead atoms. The van der Waals surface area contributed by atoms with Gasteiger partial charge in [0.25, 0.3) is 0 Å². The Kier molecular flexibility index (Phi) is 7.41. The highest BCUT2D eigenvalue weighted by molar-refractivity contribution is 6.48. The number of carbonyl (C=O) groups is 2. The molecule has 2 aromatic carbocycles. The number of likely N-dealkylation sites (N-methyl/N-ethyl adjacent to an activating group) is 1. The van der Waals surface area contributed by atoms with Gasteiger partial charge >= 0.3 is 13.1 Å². The minimum atomic E-state index is -0.979. The summed E-state index contributed by atoms with van der Waals surface area (Å²) in [5, 5.41) is 12.7. The number of aromatic carboxylic acids is 1. The number of nitrogens with one attached hydrogen (secondary N) is 1. The minimum Gasteiger partial charge on any atom is -0.489 e. The number of carbonyl (C=O) groups excluding carboxylic acids is 1. The molecule has 6 atom stereocenters. The van der Waals surface area contributed by atoms with E-state index in [0.29, 0.717) is 18.3 Å². The van der Waals surface area contributed by atoms with Gasteiger partial charge in [0.15, 0.2) is 0 Å². The Labute approximate surface area is 242 Å². The summed E-state index contributed by atoms with van der Waals surface area (Å²) in [4.78, 5) is 27.3. The summed E-state index contributed by atoms with van der Waals surface area (Å²) in [6.07, 6.45) is 3.82. The number of rotatable bonds is 9. The lowest BCUT2D eigenvalue weighted by Gasteiger charge is -2.64. The van der Waals surface area contributed by atoms with Crippen molar-refractivity contribution in [3.63, 3.8) is 0 Å². The topological polar surface area (TPSA) is 97.3 Å². The second-order valence-electron chi connectivity index (χ2n) is 13.3. The molecule has 0 radical (unpaired) electrons. The fraction of sp³-hybridized carbons (Fsp3) is 0.562.